The number of hydrogen-bond acceptors (Lipinski definition) is 4. The summed E-state index contributed by atoms with van der Waals surface area (Å²) in [4.78, 5) is 2.43. The molecule has 20 heavy (non-hydrogen) atoms. The lowest BCUT2D eigenvalue weighted by molar-refractivity contribution is -0.232. The molecule has 2 N–H and O–H groups in total. The lowest BCUT2D eigenvalue weighted by Gasteiger charge is -2.67. The van der Waals surface area contributed by atoms with E-state index in [0.717, 1.165) is 32.6 Å². The molecule has 1 aliphatic carbocycles. The average Bonchev–Trinajstić information content (AvgIpc) is 2.85. The largest absolute Gasteiger partial charge is 0.377 e. The molecule has 2 aliphatic heterocycles. The first kappa shape index (κ1) is 14.8. The summed E-state index contributed by atoms with van der Waals surface area (Å²) in [5, 5.41) is 0. The summed E-state index contributed by atoms with van der Waals surface area (Å²) in [7, 11) is 2.21. The smallest absolute Gasteiger partial charge is 0.0702 e. The van der Waals surface area contributed by atoms with Gasteiger partial charge in [-0.15, -0.1) is 0 Å². The van der Waals surface area contributed by atoms with Gasteiger partial charge in [-0.25, -0.2) is 0 Å². The van der Waals surface area contributed by atoms with Crippen molar-refractivity contribution in [3.05, 3.63) is 0 Å². The van der Waals surface area contributed by atoms with Crippen LogP contribution in [0.3, 0.4) is 0 Å². The summed E-state index contributed by atoms with van der Waals surface area (Å²) in [5.41, 5.74) is 6.82. The Kier molecular flexibility index (Phi) is 3.65. The molecule has 0 bridgehead atoms. The summed E-state index contributed by atoms with van der Waals surface area (Å²) in [6.07, 6.45) is 4.17. The highest BCUT2D eigenvalue weighted by atomic mass is 16.5. The van der Waals surface area contributed by atoms with Gasteiger partial charge in [-0.2, -0.15) is 0 Å². The molecule has 2 heterocycles. The van der Waals surface area contributed by atoms with Gasteiger partial charge in [0.2, 0.25) is 0 Å². The molecule has 5 atom stereocenters. The molecule has 3 aliphatic rings. The maximum atomic E-state index is 6.89. The molecule has 0 amide bonds. The molecule has 116 valence electrons. The van der Waals surface area contributed by atoms with Crippen molar-refractivity contribution in [3.63, 3.8) is 0 Å². The highest BCUT2D eigenvalue weighted by Gasteiger charge is 2.66. The van der Waals surface area contributed by atoms with Gasteiger partial charge in [0.25, 0.3) is 0 Å². The predicted octanol–water partition coefficient (Wildman–Crippen LogP) is 1.63. The van der Waals surface area contributed by atoms with Crippen molar-refractivity contribution < 1.29 is 9.47 Å². The molecule has 0 radical (unpaired) electrons. The van der Waals surface area contributed by atoms with Crippen molar-refractivity contribution in [3.8, 4) is 0 Å². The highest BCUT2D eigenvalue weighted by molar-refractivity contribution is 5.21. The molecular formula is C16H30N2O2. The Labute approximate surface area is 123 Å². The fourth-order valence-corrected chi connectivity index (χ4v) is 4.82. The van der Waals surface area contributed by atoms with E-state index in [2.05, 4.69) is 32.7 Å². The number of nitrogens with two attached hydrogens (primary N) is 1. The molecule has 3 fully saturated rings. The summed E-state index contributed by atoms with van der Waals surface area (Å²) in [6.45, 7) is 9.47. The predicted molar refractivity (Wildman–Crippen MR) is 79.6 cm³/mol. The molecule has 2 saturated heterocycles. The number of ether oxygens (including phenoxy) is 2. The summed E-state index contributed by atoms with van der Waals surface area (Å²) >= 11 is 0. The van der Waals surface area contributed by atoms with Gasteiger partial charge in [-0.3, -0.25) is 4.90 Å². The van der Waals surface area contributed by atoms with Crippen LogP contribution in [0.25, 0.3) is 0 Å². The number of likely N-dealkylation sites (N-methyl/N-ethyl adjacent to an activating group) is 1. The van der Waals surface area contributed by atoms with Gasteiger partial charge < -0.3 is 15.2 Å². The minimum absolute atomic E-state index is 0.0645. The maximum Gasteiger partial charge on any atom is 0.0702 e. The third-order valence-corrected chi connectivity index (χ3v) is 6.31. The zero-order chi connectivity index (χ0) is 14.5. The van der Waals surface area contributed by atoms with Crippen LogP contribution in [0.4, 0.5) is 0 Å². The van der Waals surface area contributed by atoms with Gasteiger partial charge in [0.05, 0.1) is 12.2 Å². The van der Waals surface area contributed by atoms with Crippen LogP contribution in [0, 0.1) is 11.3 Å². The molecule has 1 saturated carbocycles. The average molecular weight is 282 g/mol. The van der Waals surface area contributed by atoms with Crippen molar-refractivity contribution >= 4 is 0 Å². The van der Waals surface area contributed by atoms with Gasteiger partial charge in [0.1, 0.15) is 0 Å². The normalized spacial score (nSPS) is 47.1. The van der Waals surface area contributed by atoms with Crippen molar-refractivity contribution in [1.82, 2.24) is 4.90 Å². The van der Waals surface area contributed by atoms with Gasteiger partial charge in [-0.1, -0.05) is 13.8 Å². The second kappa shape index (κ2) is 4.94. The van der Waals surface area contributed by atoms with E-state index in [4.69, 9.17) is 15.2 Å². The van der Waals surface area contributed by atoms with Crippen LogP contribution in [0.1, 0.15) is 40.0 Å². The molecular weight excluding hydrogens is 252 g/mol. The summed E-state index contributed by atoms with van der Waals surface area (Å²) < 4.78 is 11.7. The van der Waals surface area contributed by atoms with Gasteiger partial charge in [0, 0.05) is 42.7 Å². The standard InChI is InChI=1S/C16H30N2O2/c1-11-13(7-9-19-11)18(4)10-16(17)12-6-5-8-20-14(12)15(16,2)3/h11-14H,5-10,17H2,1-4H3. The van der Waals surface area contributed by atoms with Crippen LogP contribution in [0.5, 0.6) is 0 Å². The Morgan fingerprint density at radius 3 is 2.60 bits per heavy atom. The van der Waals surface area contributed by atoms with Crippen LogP contribution in [0.15, 0.2) is 0 Å². The van der Waals surface area contributed by atoms with E-state index in [-0.39, 0.29) is 11.0 Å². The number of nitrogens with zero attached hydrogens (tertiary/aromatic N) is 1. The second-order valence-electron chi connectivity index (χ2n) is 7.65. The third-order valence-electron chi connectivity index (χ3n) is 6.31. The molecule has 3 rings (SSSR count). The van der Waals surface area contributed by atoms with E-state index in [0.29, 0.717) is 24.2 Å². The summed E-state index contributed by atoms with van der Waals surface area (Å²) in [6, 6.07) is 0.509. The van der Waals surface area contributed by atoms with Crippen LogP contribution >= 0.6 is 0 Å². The van der Waals surface area contributed by atoms with Gasteiger partial charge >= 0.3 is 0 Å². The minimum atomic E-state index is -0.130. The fourth-order valence-electron chi connectivity index (χ4n) is 4.82. The highest BCUT2D eigenvalue weighted by Crippen LogP contribution is 2.57. The van der Waals surface area contributed by atoms with Crippen LogP contribution in [0.2, 0.25) is 0 Å². The number of hydrogen-bond donors (Lipinski definition) is 1. The van der Waals surface area contributed by atoms with E-state index in [1.165, 1.54) is 6.42 Å². The summed E-state index contributed by atoms with van der Waals surface area (Å²) in [5.74, 6) is 0.520. The number of rotatable bonds is 3. The molecule has 4 nitrogen and oxygen atoms in total. The van der Waals surface area contributed by atoms with Crippen molar-refractivity contribution in [2.75, 3.05) is 26.8 Å². The lowest BCUT2D eigenvalue weighted by Crippen LogP contribution is -2.80. The topological polar surface area (TPSA) is 47.7 Å². The number of fused-ring (bicyclic) bond motifs is 1. The Morgan fingerprint density at radius 1 is 1.20 bits per heavy atom. The second-order valence-corrected chi connectivity index (χ2v) is 7.65. The maximum absolute atomic E-state index is 6.89. The quantitative estimate of drug-likeness (QED) is 0.854. The van der Waals surface area contributed by atoms with Crippen molar-refractivity contribution in [2.24, 2.45) is 17.1 Å². The van der Waals surface area contributed by atoms with E-state index in [1.807, 2.05) is 0 Å². The van der Waals surface area contributed by atoms with Crippen LogP contribution in [-0.4, -0.2) is 55.5 Å². The van der Waals surface area contributed by atoms with Crippen LogP contribution in [-0.2, 0) is 9.47 Å². The zero-order valence-electron chi connectivity index (χ0n) is 13.4. The molecule has 0 aromatic heterocycles. The van der Waals surface area contributed by atoms with Gasteiger partial charge in [-0.05, 0) is 33.2 Å². The first-order chi connectivity index (χ1) is 9.38. The Morgan fingerprint density at radius 2 is 1.95 bits per heavy atom. The molecule has 0 aromatic rings. The van der Waals surface area contributed by atoms with Crippen molar-refractivity contribution in [1.29, 1.82) is 0 Å². The van der Waals surface area contributed by atoms with E-state index < -0.39 is 0 Å². The third kappa shape index (κ3) is 1.96. The SMILES string of the molecule is CC1OCCC1N(C)CC1(N)C2CCCOC2C1(C)C. The first-order valence-corrected chi connectivity index (χ1v) is 8.10. The first-order valence-electron chi connectivity index (χ1n) is 8.10. The molecule has 0 aromatic carbocycles. The van der Waals surface area contributed by atoms with E-state index in [9.17, 15) is 0 Å². The van der Waals surface area contributed by atoms with Crippen LogP contribution < -0.4 is 5.73 Å². The molecule has 0 spiro atoms. The lowest BCUT2D eigenvalue weighted by atomic mass is 9.46. The molecule has 5 unspecified atom stereocenters. The Bertz CT molecular complexity index is 373. The molecule has 4 heteroatoms. The van der Waals surface area contributed by atoms with Gasteiger partial charge in [0.15, 0.2) is 0 Å². The zero-order valence-corrected chi connectivity index (χ0v) is 13.4. The fraction of sp³-hybridized carbons (Fsp3) is 1.00. The van der Waals surface area contributed by atoms with Crippen molar-refractivity contribution in [2.45, 2.75) is 63.8 Å². The Balaban J connectivity index is 1.71. The monoisotopic (exact) mass is 282 g/mol. The van der Waals surface area contributed by atoms with E-state index in [1.54, 1.807) is 0 Å². The Hall–Kier alpha value is -0.160. The van der Waals surface area contributed by atoms with E-state index >= 15 is 0 Å². The minimum Gasteiger partial charge on any atom is -0.377 e.